The molecule has 1 aromatic heterocycles. The van der Waals surface area contributed by atoms with Gasteiger partial charge in [0.25, 0.3) is 0 Å². The first-order chi connectivity index (χ1) is 6.27. The first-order valence-electron chi connectivity index (χ1n) is 4.08. The number of aromatic amines is 1. The van der Waals surface area contributed by atoms with E-state index < -0.39 is 0 Å². The van der Waals surface area contributed by atoms with E-state index in [0.717, 1.165) is 5.56 Å². The van der Waals surface area contributed by atoms with E-state index in [2.05, 4.69) is 46.6 Å². The van der Waals surface area contributed by atoms with Crippen molar-refractivity contribution in [2.24, 2.45) is 0 Å². The predicted molar refractivity (Wildman–Crippen MR) is 49.1 cm³/mol. The Labute approximate surface area is 76.0 Å². The highest BCUT2D eigenvalue weighted by atomic mass is 15.5. The molecular formula is C9H10N4. The minimum absolute atomic E-state index is 0.642. The molecule has 0 saturated carbocycles. The maximum atomic E-state index is 3.91. The molecule has 2 aromatic rings. The van der Waals surface area contributed by atoms with Crippen LogP contribution in [0.3, 0.4) is 0 Å². The number of tetrazole rings is 1. The lowest BCUT2D eigenvalue weighted by Crippen LogP contribution is -1.85. The van der Waals surface area contributed by atoms with Gasteiger partial charge in [-0.1, -0.05) is 12.1 Å². The Hall–Kier alpha value is -1.71. The average Bonchev–Trinajstić information content (AvgIpc) is 2.62. The second-order valence-corrected chi connectivity index (χ2v) is 3.03. The minimum atomic E-state index is 0.642. The number of aromatic nitrogens is 4. The van der Waals surface area contributed by atoms with E-state index in [1.54, 1.807) is 0 Å². The van der Waals surface area contributed by atoms with E-state index in [0.29, 0.717) is 5.82 Å². The summed E-state index contributed by atoms with van der Waals surface area (Å²) in [7, 11) is 0. The third-order valence-electron chi connectivity index (χ3n) is 2.11. The Morgan fingerprint density at radius 2 is 2.00 bits per heavy atom. The average molecular weight is 174 g/mol. The van der Waals surface area contributed by atoms with E-state index in [-0.39, 0.29) is 0 Å². The van der Waals surface area contributed by atoms with Gasteiger partial charge in [-0.05, 0) is 36.3 Å². The smallest absolute Gasteiger partial charge is 0.177 e. The molecule has 13 heavy (non-hydrogen) atoms. The van der Waals surface area contributed by atoms with Gasteiger partial charge >= 0.3 is 0 Å². The van der Waals surface area contributed by atoms with Crippen LogP contribution in [0.25, 0.3) is 11.4 Å². The van der Waals surface area contributed by atoms with Crippen LogP contribution in [0.4, 0.5) is 0 Å². The molecule has 0 aliphatic heterocycles. The number of aryl methyl sites for hydroxylation is 2. The summed E-state index contributed by atoms with van der Waals surface area (Å²) >= 11 is 0. The third-order valence-corrected chi connectivity index (χ3v) is 2.11. The summed E-state index contributed by atoms with van der Waals surface area (Å²) in [6.45, 7) is 4.15. The highest BCUT2D eigenvalue weighted by molar-refractivity contribution is 5.56. The SMILES string of the molecule is Cc1ccc(-c2nn[nH]n2)cc1C. The zero-order valence-electron chi connectivity index (χ0n) is 7.57. The summed E-state index contributed by atoms with van der Waals surface area (Å²) in [4.78, 5) is 0. The van der Waals surface area contributed by atoms with Crippen LogP contribution in [0.2, 0.25) is 0 Å². The van der Waals surface area contributed by atoms with E-state index in [4.69, 9.17) is 0 Å². The standard InChI is InChI=1S/C9H10N4/c1-6-3-4-8(5-7(6)2)9-10-12-13-11-9/h3-5H,1-2H3,(H,10,11,12,13). The van der Waals surface area contributed by atoms with E-state index in [1.165, 1.54) is 11.1 Å². The van der Waals surface area contributed by atoms with Crippen LogP contribution in [0.15, 0.2) is 18.2 Å². The number of hydrogen-bond acceptors (Lipinski definition) is 3. The number of benzene rings is 1. The Balaban J connectivity index is 2.49. The van der Waals surface area contributed by atoms with Gasteiger partial charge in [-0.15, -0.1) is 10.2 Å². The minimum Gasteiger partial charge on any atom is -0.177 e. The molecule has 4 heteroatoms. The fraction of sp³-hybridized carbons (Fsp3) is 0.222. The molecule has 0 atom stereocenters. The molecule has 1 heterocycles. The van der Waals surface area contributed by atoms with Crippen LogP contribution in [0.5, 0.6) is 0 Å². The summed E-state index contributed by atoms with van der Waals surface area (Å²) in [6, 6.07) is 6.11. The highest BCUT2D eigenvalue weighted by Crippen LogP contribution is 2.16. The molecular weight excluding hydrogens is 164 g/mol. The van der Waals surface area contributed by atoms with Crippen LogP contribution >= 0.6 is 0 Å². The molecule has 2 rings (SSSR count). The van der Waals surface area contributed by atoms with Crippen molar-refractivity contribution >= 4 is 0 Å². The fourth-order valence-corrected chi connectivity index (χ4v) is 1.16. The van der Waals surface area contributed by atoms with Gasteiger partial charge in [0.05, 0.1) is 0 Å². The normalized spacial score (nSPS) is 10.3. The zero-order chi connectivity index (χ0) is 9.26. The van der Waals surface area contributed by atoms with Gasteiger partial charge < -0.3 is 0 Å². The van der Waals surface area contributed by atoms with Gasteiger partial charge in [0.15, 0.2) is 0 Å². The molecule has 0 aliphatic carbocycles. The van der Waals surface area contributed by atoms with Crippen molar-refractivity contribution < 1.29 is 0 Å². The van der Waals surface area contributed by atoms with Gasteiger partial charge in [0.2, 0.25) is 5.82 Å². The molecule has 1 aromatic carbocycles. The second-order valence-electron chi connectivity index (χ2n) is 3.03. The van der Waals surface area contributed by atoms with Crippen molar-refractivity contribution in [1.82, 2.24) is 20.6 Å². The van der Waals surface area contributed by atoms with Crippen molar-refractivity contribution in [2.75, 3.05) is 0 Å². The molecule has 66 valence electrons. The number of hydrogen-bond donors (Lipinski definition) is 1. The monoisotopic (exact) mass is 174 g/mol. The summed E-state index contributed by atoms with van der Waals surface area (Å²) < 4.78 is 0. The van der Waals surface area contributed by atoms with Gasteiger partial charge in [0, 0.05) is 5.56 Å². The van der Waals surface area contributed by atoms with Gasteiger partial charge in [-0.2, -0.15) is 5.21 Å². The number of nitrogens with one attached hydrogen (secondary N) is 1. The van der Waals surface area contributed by atoms with Crippen molar-refractivity contribution in [3.63, 3.8) is 0 Å². The van der Waals surface area contributed by atoms with Crippen LogP contribution in [-0.4, -0.2) is 20.6 Å². The summed E-state index contributed by atoms with van der Waals surface area (Å²) in [5.74, 6) is 0.642. The van der Waals surface area contributed by atoms with Gasteiger partial charge in [-0.3, -0.25) is 0 Å². The van der Waals surface area contributed by atoms with E-state index in [1.807, 2.05) is 6.07 Å². The van der Waals surface area contributed by atoms with Crippen LogP contribution in [0, 0.1) is 13.8 Å². The molecule has 0 radical (unpaired) electrons. The first kappa shape index (κ1) is 7.91. The summed E-state index contributed by atoms with van der Waals surface area (Å²) in [5.41, 5.74) is 3.51. The number of H-pyrrole nitrogens is 1. The van der Waals surface area contributed by atoms with Gasteiger partial charge in [-0.25, -0.2) is 0 Å². The fourth-order valence-electron chi connectivity index (χ4n) is 1.16. The molecule has 0 aliphatic rings. The van der Waals surface area contributed by atoms with Crippen molar-refractivity contribution in [1.29, 1.82) is 0 Å². The second kappa shape index (κ2) is 2.97. The molecule has 0 bridgehead atoms. The van der Waals surface area contributed by atoms with Gasteiger partial charge in [0.1, 0.15) is 0 Å². The van der Waals surface area contributed by atoms with Crippen LogP contribution < -0.4 is 0 Å². The molecule has 1 N–H and O–H groups in total. The molecule has 0 fully saturated rings. The van der Waals surface area contributed by atoms with Crippen molar-refractivity contribution in [2.45, 2.75) is 13.8 Å². The van der Waals surface area contributed by atoms with E-state index >= 15 is 0 Å². The van der Waals surface area contributed by atoms with E-state index in [9.17, 15) is 0 Å². The maximum Gasteiger partial charge on any atom is 0.204 e. The Morgan fingerprint density at radius 3 is 2.62 bits per heavy atom. The molecule has 0 unspecified atom stereocenters. The molecule has 0 spiro atoms. The maximum absolute atomic E-state index is 3.91. The third kappa shape index (κ3) is 1.42. The number of rotatable bonds is 1. The molecule has 0 saturated heterocycles. The Morgan fingerprint density at radius 1 is 1.15 bits per heavy atom. The van der Waals surface area contributed by atoms with Crippen LogP contribution in [0.1, 0.15) is 11.1 Å². The Kier molecular flexibility index (Phi) is 1.81. The summed E-state index contributed by atoms with van der Waals surface area (Å²) in [5, 5.41) is 13.8. The zero-order valence-corrected chi connectivity index (χ0v) is 7.57. The van der Waals surface area contributed by atoms with Crippen LogP contribution in [-0.2, 0) is 0 Å². The first-order valence-corrected chi connectivity index (χ1v) is 4.08. The quantitative estimate of drug-likeness (QED) is 0.712. The van der Waals surface area contributed by atoms with Crippen molar-refractivity contribution in [3.8, 4) is 11.4 Å². The van der Waals surface area contributed by atoms with Crippen molar-refractivity contribution in [3.05, 3.63) is 29.3 Å². The molecule has 4 nitrogen and oxygen atoms in total. The Bertz CT molecular complexity index is 406. The lowest BCUT2D eigenvalue weighted by atomic mass is 10.1. The topological polar surface area (TPSA) is 54.5 Å². The lowest BCUT2D eigenvalue weighted by Gasteiger charge is -2.00. The molecule has 0 amide bonds. The summed E-state index contributed by atoms with van der Waals surface area (Å²) in [6.07, 6.45) is 0. The predicted octanol–water partition coefficient (Wildman–Crippen LogP) is 1.48. The lowest BCUT2D eigenvalue weighted by molar-refractivity contribution is 0.881. The largest absolute Gasteiger partial charge is 0.204 e. The highest BCUT2D eigenvalue weighted by Gasteiger charge is 2.02. The number of nitrogens with zero attached hydrogens (tertiary/aromatic N) is 3.